The van der Waals surface area contributed by atoms with E-state index in [9.17, 15) is 9.90 Å². The molecule has 1 heterocycles. The molecule has 7 heteroatoms. The van der Waals surface area contributed by atoms with Crippen LogP contribution in [0.1, 0.15) is 11.1 Å². The van der Waals surface area contributed by atoms with E-state index in [0.717, 1.165) is 16.8 Å². The van der Waals surface area contributed by atoms with Crippen molar-refractivity contribution in [3.63, 3.8) is 0 Å². The highest BCUT2D eigenvalue weighted by atomic mass is 35.5. The molecule has 0 spiro atoms. The smallest absolute Gasteiger partial charge is 0.227 e. The molecule has 1 aliphatic rings. The fourth-order valence-electron chi connectivity index (χ4n) is 3.12. The summed E-state index contributed by atoms with van der Waals surface area (Å²) in [5, 5.41) is 11.2. The molecule has 0 saturated carbocycles. The van der Waals surface area contributed by atoms with Gasteiger partial charge in [-0.05, 0) is 41.5 Å². The maximum absolute atomic E-state index is 12.6. The molecule has 2 aromatic rings. The Morgan fingerprint density at radius 3 is 2.23 bits per heavy atom. The topological polar surface area (TPSA) is 43.8 Å². The van der Waals surface area contributed by atoms with Crippen LogP contribution in [-0.4, -0.2) is 42.1 Å². The second-order valence-corrected chi connectivity index (χ2v) is 7.49. The zero-order chi connectivity index (χ0) is 18.7. The summed E-state index contributed by atoms with van der Waals surface area (Å²) in [4.78, 5) is 16.6. The summed E-state index contributed by atoms with van der Waals surface area (Å²) < 4.78 is 0. The first-order valence-electron chi connectivity index (χ1n) is 8.34. The van der Waals surface area contributed by atoms with E-state index in [0.29, 0.717) is 41.2 Å². The summed E-state index contributed by atoms with van der Waals surface area (Å²) in [6.07, 6.45) is 0.234. The van der Waals surface area contributed by atoms with Gasteiger partial charge in [-0.3, -0.25) is 4.79 Å². The molecule has 1 amide bonds. The molecule has 0 aliphatic carbocycles. The third kappa shape index (κ3) is 4.44. The quantitative estimate of drug-likeness (QED) is 0.823. The molecule has 0 bridgehead atoms. The number of hydrogen-bond donors (Lipinski definition) is 1. The van der Waals surface area contributed by atoms with Gasteiger partial charge in [0, 0.05) is 36.2 Å². The summed E-state index contributed by atoms with van der Waals surface area (Å²) in [7, 11) is 0. The van der Waals surface area contributed by atoms with Crippen LogP contribution in [0.15, 0.2) is 36.4 Å². The lowest BCUT2D eigenvalue weighted by Gasteiger charge is -2.36. The second kappa shape index (κ2) is 8.49. The lowest BCUT2D eigenvalue weighted by atomic mass is 10.0. The Morgan fingerprint density at radius 1 is 0.923 bits per heavy atom. The van der Waals surface area contributed by atoms with Crippen molar-refractivity contribution >= 4 is 46.4 Å². The van der Waals surface area contributed by atoms with Gasteiger partial charge in [-0.2, -0.15) is 0 Å². The minimum absolute atomic E-state index is 0.0313. The van der Waals surface area contributed by atoms with E-state index in [1.807, 2.05) is 17.0 Å². The first-order valence-corrected chi connectivity index (χ1v) is 9.47. The normalized spacial score (nSPS) is 14.6. The number of hydrogen-bond acceptors (Lipinski definition) is 3. The van der Waals surface area contributed by atoms with Gasteiger partial charge in [-0.1, -0.05) is 40.9 Å². The van der Waals surface area contributed by atoms with Gasteiger partial charge in [0.25, 0.3) is 0 Å². The van der Waals surface area contributed by atoms with Crippen LogP contribution < -0.4 is 4.90 Å². The number of benzene rings is 2. The Hall–Kier alpha value is -1.46. The number of amides is 1. The van der Waals surface area contributed by atoms with E-state index in [2.05, 4.69) is 4.90 Å². The standard InChI is InChI=1S/C19H19Cl3N2O2/c20-15-2-1-13(12-25)14(9-15)10-19(26)24-7-5-23(6-8-24)18-4-3-16(21)11-17(18)22/h1-4,9,11,25H,5-8,10,12H2. The maximum atomic E-state index is 12.6. The third-order valence-corrected chi connectivity index (χ3v) is 5.34. The molecular weight excluding hydrogens is 395 g/mol. The predicted octanol–water partition coefficient (Wildman–Crippen LogP) is 4.03. The van der Waals surface area contributed by atoms with Crippen LogP contribution in [0.25, 0.3) is 0 Å². The van der Waals surface area contributed by atoms with E-state index in [-0.39, 0.29) is 18.9 Å². The largest absolute Gasteiger partial charge is 0.392 e. The van der Waals surface area contributed by atoms with Crippen molar-refractivity contribution in [1.82, 2.24) is 4.90 Å². The van der Waals surface area contributed by atoms with Gasteiger partial charge < -0.3 is 14.9 Å². The zero-order valence-electron chi connectivity index (χ0n) is 14.1. The van der Waals surface area contributed by atoms with E-state index < -0.39 is 0 Å². The van der Waals surface area contributed by atoms with Crippen molar-refractivity contribution in [3.8, 4) is 0 Å². The average molecular weight is 414 g/mol. The van der Waals surface area contributed by atoms with Crippen LogP contribution in [-0.2, 0) is 17.8 Å². The fraction of sp³-hybridized carbons (Fsp3) is 0.316. The molecule has 1 fully saturated rings. The van der Waals surface area contributed by atoms with Crippen LogP contribution in [0.5, 0.6) is 0 Å². The van der Waals surface area contributed by atoms with E-state index >= 15 is 0 Å². The molecule has 0 radical (unpaired) electrons. The Labute approximate surface area is 167 Å². The first-order chi connectivity index (χ1) is 12.5. The lowest BCUT2D eigenvalue weighted by Crippen LogP contribution is -2.49. The SMILES string of the molecule is O=C(Cc1cc(Cl)ccc1CO)N1CCN(c2ccc(Cl)cc2Cl)CC1. The van der Waals surface area contributed by atoms with Gasteiger partial charge in [-0.25, -0.2) is 0 Å². The number of carbonyl (C=O) groups excluding carboxylic acids is 1. The number of rotatable bonds is 4. The highest BCUT2D eigenvalue weighted by Crippen LogP contribution is 2.29. The van der Waals surface area contributed by atoms with Crippen molar-refractivity contribution in [2.24, 2.45) is 0 Å². The number of carbonyl (C=O) groups is 1. The summed E-state index contributed by atoms with van der Waals surface area (Å²) >= 11 is 18.2. The van der Waals surface area contributed by atoms with Crippen molar-refractivity contribution in [2.45, 2.75) is 13.0 Å². The number of piperazine rings is 1. The molecule has 0 atom stereocenters. The molecule has 3 rings (SSSR count). The fourth-order valence-corrected chi connectivity index (χ4v) is 3.85. The molecule has 1 saturated heterocycles. The Balaban J connectivity index is 1.63. The van der Waals surface area contributed by atoms with Gasteiger partial charge in [-0.15, -0.1) is 0 Å². The average Bonchev–Trinajstić information content (AvgIpc) is 2.62. The Morgan fingerprint density at radius 2 is 1.58 bits per heavy atom. The second-order valence-electron chi connectivity index (χ2n) is 6.21. The van der Waals surface area contributed by atoms with Crippen molar-refractivity contribution in [2.75, 3.05) is 31.1 Å². The lowest BCUT2D eigenvalue weighted by molar-refractivity contribution is -0.130. The van der Waals surface area contributed by atoms with Gasteiger partial charge in [0.1, 0.15) is 0 Å². The molecule has 138 valence electrons. The Bertz CT molecular complexity index is 805. The summed E-state index contributed by atoms with van der Waals surface area (Å²) in [6, 6.07) is 10.7. The molecule has 1 N–H and O–H groups in total. The molecule has 0 unspecified atom stereocenters. The van der Waals surface area contributed by atoms with E-state index in [1.165, 1.54) is 0 Å². The third-order valence-electron chi connectivity index (χ3n) is 4.56. The van der Waals surface area contributed by atoms with Crippen LogP contribution in [0.4, 0.5) is 5.69 Å². The van der Waals surface area contributed by atoms with Crippen molar-refractivity contribution < 1.29 is 9.90 Å². The highest BCUT2D eigenvalue weighted by Gasteiger charge is 2.23. The molecule has 1 aliphatic heterocycles. The summed E-state index contributed by atoms with van der Waals surface area (Å²) in [6.45, 7) is 2.53. The molecule has 26 heavy (non-hydrogen) atoms. The first kappa shape index (κ1) is 19.3. The van der Waals surface area contributed by atoms with Crippen molar-refractivity contribution in [1.29, 1.82) is 0 Å². The summed E-state index contributed by atoms with van der Waals surface area (Å²) in [5.74, 6) is 0.0313. The van der Waals surface area contributed by atoms with Crippen LogP contribution in [0.2, 0.25) is 15.1 Å². The summed E-state index contributed by atoms with van der Waals surface area (Å²) in [5.41, 5.74) is 2.43. The van der Waals surface area contributed by atoms with Gasteiger partial charge in [0.15, 0.2) is 0 Å². The molecule has 0 aromatic heterocycles. The monoisotopic (exact) mass is 412 g/mol. The predicted molar refractivity (Wildman–Crippen MR) is 106 cm³/mol. The maximum Gasteiger partial charge on any atom is 0.227 e. The Kier molecular flexibility index (Phi) is 6.30. The van der Waals surface area contributed by atoms with Gasteiger partial charge in [0.2, 0.25) is 5.91 Å². The van der Waals surface area contributed by atoms with Crippen LogP contribution in [0, 0.1) is 0 Å². The molecule has 4 nitrogen and oxygen atoms in total. The van der Waals surface area contributed by atoms with Crippen LogP contribution >= 0.6 is 34.8 Å². The number of anilines is 1. The zero-order valence-corrected chi connectivity index (χ0v) is 16.4. The number of nitrogens with zero attached hydrogens (tertiary/aromatic N) is 2. The minimum Gasteiger partial charge on any atom is -0.392 e. The molecule has 2 aromatic carbocycles. The molecular formula is C19H19Cl3N2O2. The number of aliphatic hydroxyl groups excluding tert-OH is 1. The van der Waals surface area contributed by atoms with Crippen molar-refractivity contribution in [3.05, 3.63) is 62.6 Å². The van der Waals surface area contributed by atoms with Gasteiger partial charge in [0.05, 0.1) is 23.7 Å². The van der Waals surface area contributed by atoms with E-state index in [4.69, 9.17) is 34.8 Å². The number of halogens is 3. The minimum atomic E-state index is -0.109. The van der Waals surface area contributed by atoms with Crippen LogP contribution in [0.3, 0.4) is 0 Å². The van der Waals surface area contributed by atoms with E-state index in [1.54, 1.807) is 24.3 Å². The highest BCUT2D eigenvalue weighted by molar-refractivity contribution is 6.36. The number of aliphatic hydroxyl groups is 1. The van der Waals surface area contributed by atoms with Gasteiger partial charge >= 0.3 is 0 Å².